The van der Waals surface area contributed by atoms with Gasteiger partial charge in [0.1, 0.15) is 6.07 Å². The summed E-state index contributed by atoms with van der Waals surface area (Å²) in [6.45, 7) is 8.57. The number of benzene rings is 1. The van der Waals surface area contributed by atoms with E-state index in [1.165, 1.54) is 49.9 Å². The van der Waals surface area contributed by atoms with Crippen molar-refractivity contribution in [3.05, 3.63) is 53.3 Å². The minimum Gasteiger partial charge on any atom is -0.338 e. The zero-order chi connectivity index (χ0) is 25.1. The molecule has 0 unspecified atom stereocenters. The van der Waals surface area contributed by atoms with Crippen molar-refractivity contribution >= 4 is 12.0 Å². The number of anilines is 1. The summed E-state index contributed by atoms with van der Waals surface area (Å²) in [5.74, 6) is 1.30. The number of likely N-dealkylation sites (tertiary alicyclic amines) is 1. The molecule has 2 fully saturated rings. The lowest BCUT2D eigenvalue weighted by Crippen LogP contribution is -2.61. The first-order valence-corrected chi connectivity index (χ1v) is 13.4. The lowest BCUT2D eigenvalue weighted by Gasteiger charge is -2.44. The highest BCUT2D eigenvalue weighted by atomic mass is 16.2. The second kappa shape index (κ2) is 10.8. The fourth-order valence-corrected chi connectivity index (χ4v) is 6.30. The largest absolute Gasteiger partial charge is 0.338 e. The second-order valence-electron chi connectivity index (χ2n) is 10.7. The topological polar surface area (TPSA) is 88.4 Å². The number of hydrogen-bond acceptors (Lipinski definition) is 6. The number of amides is 2. The minimum absolute atomic E-state index is 0.0246. The summed E-state index contributed by atoms with van der Waals surface area (Å²) in [5, 5.41) is 12.2. The number of rotatable bonds is 5. The molecule has 8 nitrogen and oxygen atoms in total. The van der Waals surface area contributed by atoms with Gasteiger partial charge in [-0.05, 0) is 76.1 Å². The molecule has 8 heteroatoms. The number of fused-ring (bicyclic) bond motifs is 1. The zero-order valence-electron chi connectivity index (χ0n) is 21.4. The number of aromatic nitrogens is 2. The van der Waals surface area contributed by atoms with Gasteiger partial charge in [-0.2, -0.15) is 5.26 Å². The molecule has 190 valence electrons. The number of nitriles is 1. The maximum Gasteiger partial charge on any atom is 0.318 e. The van der Waals surface area contributed by atoms with Crippen LogP contribution in [0.25, 0.3) is 0 Å². The first kappa shape index (κ1) is 24.5. The Bertz CT molecular complexity index is 1050. The van der Waals surface area contributed by atoms with Crippen LogP contribution in [0.5, 0.6) is 0 Å². The Labute approximate surface area is 214 Å². The molecule has 1 aromatic heterocycles. The Morgan fingerprint density at radius 2 is 1.67 bits per heavy atom. The van der Waals surface area contributed by atoms with Crippen molar-refractivity contribution in [3.63, 3.8) is 0 Å². The number of piperazine rings is 1. The molecule has 0 bridgehead atoms. The molecule has 1 aliphatic carbocycles. The third-order valence-electron chi connectivity index (χ3n) is 8.23. The van der Waals surface area contributed by atoms with Gasteiger partial charge >= 0.3 is 6.03 Å². The fourth-order valence-electron chi connectivity index (χ4n) is 6.30. The maximum atomic E-state index is 13.0. The quantitative estimate of drug-likeness (QED) is 0.697. The van der Waals surface area contributed by atoms with E-state index in [0.717, 1.165) is 13.0 Å². The molecule has 2 aromatic rings. The Morgan fingerprint density at radius 3 is 2.25 bits per heavy atom. The number of nitrogens with zero attached hydrogens (tertiary/aromatic N) is 6. The van der Waals surface area contributed by atoms with E-state index >= 15 is 0 Å². The van der Waals surface area contributed by atoms with E-state index in [9.17, 15) is 4.79 Å². The van der Waals surface area contributed by atoms with Gasteiger partial charge in [-0.3, -0.25) is 4.90 Å². The highest BCUT2D eigenvalue weighted by Gasteiger charge is 2.34. The lowest BCUT2D eigenvalue weighted by atomic mass is 9.92. The molecule has 1 aromatic carbocycles. The highest BCUT2D eigenvalue weighted by Crippen LogP contribution is 2.29. The van der Waals surface area contributed by atoms with Crippen LogP contribution in [0.1, 0.15) is 49.8 Å². The fraction of sp³-hybridized carbons (Fsp3) is 0.571. The predicted octanol–water partition coefficient (Wildman–Crippen LogP) is 3.23. The zero-order valence-corrected chi connectivity index (χ0v) is 21.4. The van der Waals surface area contributed by atoms with Crippen molar-refractivity contribution in [3.8, 4) is 6.07 Å². The van der Waals surface area contributed by atoms with Gasteiger partial charge in [-0.15, -0.1) is 0 Å². The van der Waals surface area contributed by atoms with Crippen molar-refractivity contribution in [1.29, 1.82) is 5.26 Å². The van der Waals surface area contributed by atoms with Crippen LogP contribution in [0.3, 0.4) is 0 Å². The average Bonchev–Trinajstić information content (AvgIpc) is 3.33. The summed E-state index contributed by atoms with van der Waals surface area (Å²) in [6.07, 6.45) is 8.97. The van der Waals surface area contributed by atoms with Gasteiger partial charge in [0.15, 0.2) is 0 Å². The van der Waals surface area contributed by atoms with Crippen LogP contribution in [0.2, 0.25) is 0 Å². The summed E-state index contributed by atoms with van der Waals surface area (Å²) >= 11 is 0. The molecule has 0 radical (unpaired) electrons. The first-order valence-electron chi connectivity index (χ1n) is 13.4. The maximum absolute atomic E-state index is 13.0. The van der Waals surface area contributed by atoms with Crippen LogP contribution in [-0.2, 0) is 12.8 Å². The molecule has 2 atom stereocenters. The third-order valence-corrected chi connectivity index (χ3v) is 8.23. The molecule has 2 saturated heterocycles. The molecular weight excluding hydrogens is 450 g/mol. The minimum atomic E-state index is 0.0246. The molecule has 3 heterocycles. The number of carbonyl (C=O) groups excluding carboxylic acids is 1. The number of carbonyl (C=O) groups is 1. The van der Waals surface area contributed by atoms with Crippen LogP contribution in [0.4, 0.5) is 10.7 Å². The number of nitrogens with one attached hydrogen (secondary N) is 1. The summed E-state index contributed by atoms with van der Waals surface area (Å²) in [5.41, 5.74) is 3.51. The van der Waals surface area contributed by atoms with E-state index in [1.807, 2.05) is 4.90 Å². The van der Waals surface area contributed by atoms with Crippen LogP contribution in [-0.4, -0.2) is 76.6 Å². The molecule has 2 aliphatic heterocycles. The van der Waals surface area contributed by atoms with Crippen molar-refractivity contribution < 1.29 is 4.79 Å². The van der Waals surface area contributed by atoms with Gasteiger partial charge in [-0.25, -0.2) is 14.8 Å². The van der Waals surface area contributed by atoms with Crippen molar-refractivity contribution in [2.24, 2.45) is 5.92 Å². The Kier molecular flexibility index (Phi) is 7.38. The van der Waals surface area contributed by atoms with Crippen LogP contribution < -0.4 is 10.2 Å². The van der Waals surface area contributed by atoms with Crippen LogP contribution in [0.15, 0.2) is 36.7 Å². The molecule has 0 spiro atoms. The monoisotopic (exact) mass is 487 g/mol. The number of piperidine rings is 1. The van der Waals surface area contributed by atoms with Crippen molar-refractivity contribution in [2.45, 2.75) is 64.1 Å². The standard InChI is InChI=1S/C28H37N7O/c1-20-18-34(27-31-16-23(15-29)17-32-27)19-21(2)35(20)28(36)30-10-7-22-8-11-33(12-9-22)26-13-24-5-3-4-6-25(24)14-26/h3-6,16-17,20-22,26H,7-14,18-19H2,1-2H3,(H,30,36)/t20-,21+. The van der Waals surface area contributed by atoms with Crippen LogP contribution >= 0.6 is 0 Å². The molecule has 1 N–H and O–H groups in total. The van der Waals surface area contributed by atoms with Gasteiger partial charge in [0.05, 0.1) is 18.0 Å². The summed E-state index contributed by atoms with van der Waals surface area (Å²) < 4.78 is 0. The van der Waals surface area contributed by atoms with E-state index in [-0.39, 0.29) is 18.1 Å². The second-order valence-corrected chi connectivity index (χ2v) is 10.7. The van der Waals surface area contributed by atoms with E-state index in [2.05, 4.69) is 69.3 Å². The third kappa shape index (κ3) is 5.31. The first-order chi connectivity index (χ1) is 17.5. The van der Waals surface area contributed by atoms with Gasteiger partial charge in [0.2, 0.25) is 5.95 Å². The van der Waals surface area contributed by atoms with E-state index in [4.69, 9.17) is 5.26 Å². The number of hydrogen-bond donors (Lipinski definition) is 1. The van der Waals surface area contributed by atoms with Gasteiger partial charge in [0.25, 0.3) is 0 Å². The Balaban J connectivity index is 1.04. The van der Waals surface area contributed by atoms with Gasteiger partial charge in [0, 0.05) is 37.8 Å². The van der Waals surface area contributed by atoms with Crippen molar-refractivity contribution in [2.75, 3.05) is 37.6 Å². The highest BCUT2D eigenvalue weighted by molar-refractivity contribution is 5.75. The molecule has 5 rings (SSSR count). The normalized spacial score (nSPS) is 23.4. The lowest BCUT2D eigenvalue weighted by molar-refractivity contribution is 0.128. The molecule has 0 saturated carbocycles. The summed E-state index contributed by atoms with van der Waals surface area (Å²) in [4.78, 5) is 28.4. The smallest absolute Gasteiger partial charge is 0.318 e. The average molecular weight is 488 g/mol. The van der Waals surface area contributed by atoms with Crippen LogP contribution in [0, 0.1) is 17.2 Å². The van der Waals surface area contributed by atoms with E-state index in [0.29, 0.717) is 36.6 Å². The van der Waals surface area contributed by atoms with E-state index in [1.54, 1.807) is 12.4 Å². The SMILES string of the molecule is C[C@@H]1CN(c2ncc(C#N)cn2)C[C@H](C)N1C(=O)NCCC1CCN(C2Cc3ccccc3C2)CC1. The van der Waals surface area contributed by atoms with E-state index < -0.39 is 0 Å². The van der Waals surface area contributed by atoms with Gasteiger partial charge in [-0.1, -0.05) is 24.3 Å². The molecular formula is C28H37N7O. The predicted molar refractivity (Wildman–Crippen MR) is 140 cm³/mol. The van der Waals surface area contributed by atoms with Crippen molar-refractivity contribution in [1.82, 2.24) is 25.1 Å². The summed E-state index contributed by atoms with van der Waals surface area (Å²) in [6, 6.07) is 11.7. The number of urea groups is 1. The summed E-state index contributed by atoms with van der Waals surface area (Å²) in [7, 11) is 0. The Morgan fingerprint density at radius 1 is 1.06 bits per heavy atom. The Hall–Kier alpha value is -3.18. The van der Waals surface area contributed by atoms with Gasteiger partial charge < -0.3 is 15.1 Å². The molecule has 36 heavy (non-hydrogen) atoms. The molecule has 3 aliphatic rings. The molecule has 2 amide bonds.